The van der Waals surface area contributed by atoms with Crippen molar-refractivity contribution in [1.82, 2.24) is 10.2 Å². The minimum absolute atomic E-state index is 0.327. The van der Waals surface area contributed by atoms with E-state index in [1.54, 1.807) is 14.2 Å². The van der Waals surface area contributed by atoms with Gasteiger partial charge in [0.1, 0.15) is 11.5 Å². The zero-order valence-corrected chi connectivity index (χ0v) is 17.3. The second kappa shape index (κ2) is 9.49. The van der Waals surface area contributed by atoms with Crippen molar-refractivity contribution < 1.29 is 9.47 Å². The van der Waals surface area contributed by atoms with E-state index < -0.39 is 0 Å². The summed E-state index contributed by atoms with van der Waals surface area (Å²) < 4.78 is 10.8. The van der Waals surface area contributed by atoms with Gasteiger partial charge in [-0.05, 0) is 35.7 Å². The number of methoxy groups -OCH3 is 2. The van der Waals surface area contributed by atoms with E-state index in [2.05, 4.69) is 46.4 Å². The van der Waals surface area contributed by atoms with Crippen LogP contribution in [-0.4, -0.2) is 51.8 Å². The Hall–Kier alpha value is -2.69. The second-order valence-corrected chi connectivity index (χ2v) is 7.28. The maximum absolute atomic E-state index is 5.50. The van der Waals surface area contributed by atoms with Gasteiger partial charge in [-0.25, -0.2) is 0 Å². The number of nitrogens with one attached hydrogen (secondary N) is 1. The summed E-state index contributed by atoms with van der Waals surface area (Å²) in [6.45, 7) is 5.02. The van der Waals surface area contributed by atoms with Crippen LogP contribution >= 0.6 is 0 Å². The van der Waals surface area contributed by atoms with E-state index in [0.29, 0.717) is 11.8 Å². The Morgan fingerprint density at radius 2 is 1.89 bits per heavy atom. The van der Waals surface area contributed by atoms with Gasteiger partial charge in [0.05, 0.1) is 14.2 Å². The molecule has 3 rings (SSSR count). The maximum Gasteiger partial charge on any atom is 0.193 e. The molecule has 1 saturated heterocycles. The summed E-state index contributed by atoms with van der Waals surface area (Å²) in [5, 5.41) is 3.55. The fourth-order valence-corrected chi connectivity index (χ4v) is 3.86. The number of hydrogen-bond donors (Lipinski definition) is 1. The molecule has 150 valence electrons. The standard InChI is InChI=1S/C23H31N3O2/c1-17(21-7-5-6-8-22(21)28-4)15-25-23(24-2)26-14-13-19(16-26)18-9-11-20(27-3)12-10-18/h5-12,17,19H,13-16H2,1-4H3,(H,24,25). The molecule has 0 radical (unpaired) electrons. The van der Waals surface area contributed by atoms with Gasteiger partial charge < -0.3 is 19.7 Å². The summed E-state index contributed by atoms with van der Waals surface area (Å²) in [4.78, 5) is 6.87. The molecule has 0 amide bonds. The summed E-state index contributed by atoms with van der Waals surface area (Å²) in [6.07, 6.45) is 1.13. The zero-order valence-electron chi connectivity index (χ0n) is 17.3. The lowest BCUT2D eigenvalue weighted by Gasteiger charge is -2.24. The monoisotopic (exact) mass is 381 g/mol. The third kappa shape index (κ3) is 4.58. The van der Waals surface area contributed by atoms with E-state index in [-0.39, 0.29) is 0 Å². The third-order valence-electron chi connectivity index (χ3n) is 5.52. The van der Waals surface area contributed by atoms with Crippen LogP contribution in [0.2, 0.25) is 0 Å². The van der Waals surface area contributed by atoms with Gasteiger partial charge in [-0.15, -0.1) is 0 Å². The second-order valence-electron chi connectivity index (χ2n) is 7.28. The number of rotatable bonds is 6. The Morgan fingerprint density at radius 3 is 2.57 bits per heavy atom. The van der Waals surface area contributed by atoms with Gasteiger partial charge >= 0.3 is 0 Å². The maximum atomic E-state index is 5.50. The number of aliphatic imine (C=N–C) groups is 1. The number of guanidine groups is 1. The van der Waals surface area contributed by atoms with Crippen molar-refractivity contribution in [2.24, 2.45) is 4.99 Å². The Bertz CT molecular complexity index is 789. The van der Waals surface area contributed by atoms with Crippen LogP contribution in [0, 0.1) is 0 Å². The summed E-state index contributed by atoms with van der Waals surface area (Å²) in [5.74, 6) is 3.66. The lowest BCUT2D eigenvalue weighted by molar-refractivity contribution is 0.405. The SMILES string of the molecule is CN=C(NCC(C)c1ccccc1OC)N1CCC(c2ccc(OC)cc2)C1. The molecule has 1 heterocycles. The number of ether oxygens (including phenoxy) is 2. The van der Waals surface area contributed by atoms with Crippen LogP contribution in [-0.2, 0) is 0 Å². The molecule has 5 nitrogen and oxygen atoms in total. The first-order valence-electron chi connectivity index (χ1n) is 9.88. The minimum Gasteiger partial charge on any atom is -0.497 e. The predicted molar refractivity (Wildman–Crippen MR) is 115 cm³/mol. The van der Waals surface area contributed by atoms with Crippen molar-refractivity contribution in [3.8, 4) is 11.5 Å². The van der Waals surface area contributed by atoms with Crippen molar-refractivity contribution in [3.05, 3.63) is 59.7 Å². The third-order valence-corrected chi connectivity index (χ3v) is 5.52. The van der Waals surface area contributed by atoms with Gasteiger partial charge in [-0.2, -0.15) is 0 Å². The topological polar surface area (TPSA) is 46.1 Å². The van der Waals surface area contributed by atoms with Crippen molar-refractivity contribution in [2.45, 2.75) is 25.2 Å². The molecule has 1 aliphatic rings. The average Bonchev–Trinajstić information content (AvgIpc) is 3.24. The molecule has 2 aromatic rings. The molecule has 1 N–H and O–H groups in total. The molecule has 1 aliphatic heterocycles. The predicted octanol–water partition coefficient (Wildman–Crippen LogP) is 3.87. The molecule has 0 aromatic heterocycles. The first-order valence-corrected chi connectivity index (χ1v) is 9.88. The molecule has 0 aliphatic carbocycles. The molecule has 28 heavy (non-hydrogen) atoms. The number of para-hydroxylation sites is 1. The summed E-state index contributed by atoms with van der Waals surface area (Å²) >= 11 is 0. The van der Waals surface area contributed by atoms with E-state index in [9.17, 15) is 0 Å². The highest BCUT2D eigenvalue weighted by atomic mass is 16.5. The highest BCUT2D eigenvalue weighted by Crippen LogP contribution is 2.29. The Morgan fingerprint density at radius 1 is 1.14 bits per heavy atom. The van der Waals surface area contributed by atoms with E-state index in [0.717, 1.165) is 43.5 Å². The van der Waals surface area contributed by atoms with Crippen molar-refractivity contribution in [3.63, 3.8) is 0 Å². The number of benzene rings is 2. The normalized spacial score (nSPS) is 18.1. The largest absolute Gasteiger partial charge is 0.497 e. The Kier molecular flexibility index (Phi) is 6.80. The van der Waals surface area contributed by atoms with Crippen LogP contribution in [0.1, 0.15) is 36.3 Å². The number of hydrogen-bond acceptors (Lipinski definition) is 3. The van der Waals surface area contributed by atoms with E-state index in [4.69, 9.17) is 9.47 Å². The highest BCUT2D eigenvalue weighted by molar-refractivity contribution is 5.80. The average molecular weight is 382 g/mol. The van der Waals surface area contributed by atoms with Crippen LogP contribution in [0.25, 0.3) is 0 Å². The fraction of sp³-hybridized carbons (Fsp3) is 0.435. The smallest absolute Gasteiger partial charge is 0.193 e. The van der Waals surface area contributed by atoms with Crippen LogP contribution in [0.15, 0.2) is 53.5 Å². The van der Waals surface area contributed by atoms with Gasteiger partial charge in [0.2, 0.25) is 0 Å². The Balaban J connectivity index is 1.58. The Labute approximate surface area is 168 Å². The molecule has 5 heteroatoms. The van der Waals surface area contributed by atoms with Crippen molar-refractivity contribution >= 4 is 5.96 Å². The summed E-state index contributed by atoms with van der Waals surface area (Å²) in [7, 11) is 5.28. The van der Waals surface area contributed by atoms with Crippen LogP contribution < -0.4 is 14.8 Å². The highest BCUT2D eigenvalue weighted by Gasteiger charge is 2.26. The minimum atomic E-state index is 0.327. The lowest BCUT2D eigenvalue weighted by Crippen LogP contribution is -2.41. The fourth-order valence-electron chi connectivity index (χ4n) is 3.86. The molecule has 0 spiro atoms. The quantitative estimate of drug-likeness (QED) is 0.609. The molecular formula is C23H31N3O2. The first-order chi connectivity index (χ1) is 13.7. The van der Waals surface area contributed by atoms with Gasteiger partial charge in [0, 0.05) is 38.5 Å². The summed E-state index contributed by atoms with van der Waals surface area (Å²) in [5.41, 5.74) is 2.58. The van der Waals surface area contributed by atoms with Crippen molar-refractivity contribution in [2.75, 3.05) is 40.9 Å². The van der Waals surface area contributed by atoms with Gasteiger partial charge in [0.15, 0.2) is 5.96 Å². The van der Waals surface area contributed by atoms with E-state index in [1.165, 1.54) is 11.1 Å². The molecule has 2 unspecified atom stereocenters. The molecular weight excluding hydrogens is 350 g/mol. The van der Waals surface area contributed by atoms with Gasteiger partial charge in [0.25, 0.3) is 0 Å². The van der Waals surface area contributed by atoms with E-state index >= 15 is 0 Å². The van der Waals surface area contributed by atoms with Gasteiger partial charge in [-0.1, -0.05) is 37.3 Å². The van der Waals surface area contributed by atoms with Gasteiger partial charge in [-0.3, -0.25) is 4.99 Å². The number of nitrogens with zero attached hydrogens (tertiary/aromatic N) is 2. The molecule has 0 bridgehead atoms. The van der Waals surface area contributed by atoms with Crippen LogP contribution in [0.3, 0.4) is 0 Å². The summed E-state index contributed by atoms with van der Waals surface area (Å²) in [6, 6.07) is 16.6. The molecule has 2 atom stereocenters. The first kappa shape index (κ1) is 20.1. The van der Waals surface area contributed by atoms with Crippen molar-refractivity contribution in [1.29, 1.82) is 0 Å². The lowest BCUT2D eigenvalue weighted by atomic mass is 9.98. The number of likely N-dealkylation sites (tertiary alicyclic amines) is 1. The van der Waals surface area contributed by atoms with E-state index in [1.807, 2.05) is 31.3 Å². The zero-order chi connectivity index (χ0) is 19.9. The molecule has 1 fully saturated rings. The molecule has 0 saturated carbocycles. The van der Waals surface area contributed by atoms with Crippen LogP contribution in [0.5, 0.6) is 11.5 Å². The molecule has 2 aromatic carbocycles. The van der Waals surface area contributed by atoms with Crippen LogP contribution in [0.4, 0.5) is 0 Å².